The van der Waals surface area contributed by atoms with E-state index < -0.39 is 10.0 Å². The van der Waals surface area contributed by atoms with E-state index in [1.54, 1.807) is 31.5 Å². The molecule has 0 aliphatic carbocycles. The molecule has 1 aliphatic heterocycles. The van der Waals surface area contributed by atoms with Gasteiger partial charge >= 0.3 is 0 Å². The molecule has 4 rings (SSSR count). The number of hydrogen-bond donors (Lipinski definition) is 1. The van der Waals surface area contributed by atoms with Crippen molar-refractivity contribution in [3.05, 3.63) is 34.2 Å². The van der Waals surface area contributed by atoms with Gasteiger partial charge in [0, 0.05) is 31.9 Å². The van der Waals surface area contributed by atoms with Gasteiger partial charge in [-0.1, -0.05) is 5.16 Å². The van der Waals surface area contributed by atoms with Crippen LogP contribution >= 0.6 is 11.3 Å². The minimum Gasteiger partial charge on any atom is -0.360 e. The van der Waals surface area contributed by atoms with Crippen molar-refractivity contribution in [1.82, 2.24) is 19.6 Å². The average molecular weight is 464 g/mol. The van der Waals surface area contributed by atoms with Crippen LogP contribution in [-0.4, -0.2) is 47.0 Å². The first-order valence-corrected chi connectivity index (χ1v) is 12.4. The molecule has 0 unspecified atom stereocenters. The van der Waals surface area contributed by atoms with Crippen molar-refractivity contribution in [2.45, 2.75) is 44.9 Å². The third-order valence-electron chi connectivity index (χ3n) is 5.50. The summed E-state index contributed by atoms with van der Waals surface area (Å²) in [5, 5.41) is 4.31. The Kier molecular flexibility index (Phi) is 5.65. The second-order valence-corrected chi connectivity index (χ2v) is 10.4. The van der Waals surface area contributed by atoms with Gasteiger partial charge in [-0.2, -0.15) is 0 Å². The molecule has 1 amide bonds. The molecule has 3 aromatic rings. The molecule has 31 heavy (non-hydrogen) atoms. The summed E-state index contributed by atoms with van der Waals surface area (Å²) < 4.78 is 35.0. The lowest BCUT2D eigenvalue weighted by Gasteiger charge is -2.26. The van der Waals surface area contributed by atoms with Gasteiger partial charge in [0.25, 0.3) is 15.9 Å². The predicted octanol–water partition coefficient (Wildman–Crippen LogP) is 3.49. The molecule has 3 aromatic heterocycles. The minimum absolute atomic E-state index is 0.00259. The molecule has 4 heterocycles. The van der Waals surface area contributed by atoms with Gasteiger partial charge in [0.15, 0.2) is 5.82 Å². The van der Waals surface area contributed by atoms with Crippen LogP contribution in [0.15, 0.2) is 21.6 Å². The Morgan fingerprint density at radius 3 is 2.52 bits per heavy atom. The lowest BCUT2D eigenvalue weighted by molar-refractivity contribution is 0.0728. The van der Waals surface area contributed by atoms with Gasteiger partial charge in [-0.15, -0.1) is 11.3 Å². The number of piperidine rings is 1. The van der Waals surface area contributed by atoms with Gasteiger partial charge in [0.05, 0.1) is 11.4 Å². The molecular formula is C20H25N5O4S2. The van der Waals surface area contributed by atoms with Gasteiger partial charge in [0.1, 0.15) is 20.5 Å². The highest BCUT2D eigenvalue weighted by molar-refractivity contribution is 7.92. The first kappa shape index (κ1) is 21.6. The molecule has 0 atom stereocenters. The van der Waals surface area contributed by atoms with Crippen molar-refractivity contribution in [2.24, 2.45) is 7.05 Å². The van der Waals surface area contributed by atoms with E-state index in [4.69, 9.17) is 4.52 Å². The van der Waals surface area contributed by atoms with E-state index in [-0.39, 0.29) is 16.6 Å². The van der Waals surface area contributed by atoms with Gasteiger partial charge in [-0.05, 0) is 46.1 Å². The Hall–Kier alpha value is -2.66. The maximum Gasteiger partial charge on any atom is 0.265 e. The van der Waals surface area contributed by atoms with Crippen LogP contribution in [0.2, 0.25) is 0 Å². The molecule has 0 bridgehead atoms. The van der Waals surface area contributed by atoms with Crippen molar-refractivity contribution >= 4 is 33.1 Å². The third kappa shape index (κ3) is 4.11. The number of aryl methyl sites for hydroxylation is 2. The molecule has 166 valence electrons. The summed E-state index contributed by atoms with van der Waals surface area (Å²) in [7, 11) is -2.08. The van der Waals surface area contributed by atoms with Crippen molar-refractivity contribution in [1.29, 1.82) is 0 Å². The number of thiazole rings is 1. The van der Waals surface area contributed by atoms with E-state index in [0.717, 1.165) is 32.4 Å². The lowest BCUT2D eigenvalue weighted by atomic mass is 10.1. The fourth-order valence-electron chi connectivity index (χ4n) is 3.70. The normalized spacial score (nSPS) is 14.8. The number of nitrogens with zero attached hydrogens (tertiary/aromatic N) is 4. The monoisotopic (exact) mass is 463 g/mol. The Labute approximate surface area is 185 Å². The Bertz CT molecular complexity index is 1230. The number of hydrogen-bond acceptors (Lipinski definition) is 7. The summed E-state index contributed by atoms with van der Waals surface area (Å²) in [6, 6.07) is 3.09. The second-order valence-electron chi connectivity index (χ2n) is 7.75. The molecule has 0 saturated carbocycles. The molecule has 11 heteroatoms. The number of sulfonamides is 1. The van der Waals surface area contributed by atoms with Gasteiger partial charge in [0.2, 0.25) is 0 Å². The molecule has 0 aromatic carbocycles. The molecule has 1 N–H and O–H groups in total. The summed E-state index contributed by atoms with van der Waals surface area (Å²) in [5.74, 6) is 0.636. The van der Waals surface area contributed by atoms with E-state index in [2.05, 4.69) is 14.9 Å². The second kappa shape index (κ2) is 8.12. The fraction of sp³-hybridized carbons (Fsp3) is 0.450. The van der Waals surface area contributed by atoms with Crippen molar-refractivity contribution in [3.63, 3.8) is 0 Å². The number of rotatable bonds is 5. The smallest absolute Gasteiger partial charge is 0.265 e. The van der Waals surface area contributed by atoms with E-state index >= 15 is 0 Å². The number of nitrogens with one attached hydrogen (secondary N) is 1. The quantitative estimate of drug-likeness (QED) is 0.620. The van der Waals surface area contributed by atoms with Crippen LogP contribution in [0.4, 0.5) is 5.82 Å². The highest BCUT2D eigenvalue weighted by atomic mass is 32.2. The number of likely N-dealkylation sites (tertiary alicyclic amines) is 1. The maximum absolute atomic E-state index is 13.0. The Morgan fingerprint density at radius 1 is 1.16 bits per heavy atom. The van der Waals surface area contributed by atoms with Gasteiger partial charge in [-0.25, -0.2) is 13.4 Å². The standard InChI is InChI=1S/C20H25N5O4S2/c1-12-10-17(22-29-12)23-31(27,28)16-11-15(24(4)14(16)3)19-21-13(2)18(30-19)20(26)25-8-6-5-7-9-25/h10-11H,5-9H2,1-4H3,(H,22,23). The van der Waals surface area contributed by atoms with Crippen LogP contribution in [0.5, 0.6) is 0 Å². The zero-order chi connectivity index (χ0) is 22.3. The van der Waals surface area contributed by atoms with E-state index in [1.165, 1.54) is 17.4 Å². The van der Waals surface area contributed by atoms with E-state index in [9.17, 15) is 13.2 Å². The summed E-state index contributed by atoms with van der Waals surface area (Å²) in [6.07, 6.45) is 3.19. The number of aromatic nitrogens is 3. The van der Waals surface area contributed by atoms with Crippen LogP contribution in [0.25, 0.3) is 10.7 Å². The van der Waals surface area contributed by atoms with Crippen LogP contribution in [0, 0.1) is 20.8 Å². The molecule has 0 radical (unpaired) electrons. The SMILES string of the molecule is Cc1cc(NS(=O)(=O)c2cc(-c3nc(C)c(C(=O)N4CCCCC4)s3)n(C)c2C)no1. The summed E-state index contributed by atoms with van der Waals surface area (Å²) in [5.41, 5.74) is 1.86. The number of anilines is 1. The van der Waals surface area contributed by atoms with Gasteiger partial charge < -0.3 is 14.0 Å². The Morgan fingerprint density at radius 2 is 1.87 bits per heavy atom. The van der Waals surface area contributed by atoms with Crippen molar-refractivity contribution < 1.29 is 17.7 Å². The summed E-state index contributed by atoms with van der Waals surface area (Å²) >= 11 is 1.30. The maximum atomic E-state index is 13.0. The van der Waals surface area contributed by atoms with Crippen LogP contribution in [-0.2, 0) is 17.1 Å². The summed E-state index contributed by atoms with van der Waals surface area (Å²) in [4.78, 5) is 20.2. The molecule has 1 fully saturated rings. The molecular weight excluding hydrogens is 438 g/mol. The number of carbonyl (C=O) groups is 1. The molecule has 1 aliphatic rings. The topological polar surface area (TPSA) is 110 Å². The molecule has 9 nitrogen and oxygen atoms in total. The van der Waals surface area contributed by atoms with Crippen molar-refractivity contribution in [3.8, 4) is 10.7 Å². The van der Waals surface area contributed by atoms with Crippen LogP contribution < -0.4 is 4.72 Å². The van der Waals surface area contributed by atoms with E-state index in [1.807, 2.05) is 11.8 Å². The predicted molar refractivity (Wildman–Crippen MR) is 118 cm³/mol. The highest BCUT2D eigenvalue weighted by Crippen LogP contribution is 2.33. The average Bonchev–Trinajstić information content (AvgIpc) is 3.40. The highest BCUT2D eigenvalue weighted by Gasteiger charge is 2.27. The lowest BCUT2D eigenvalue weighted by Crippen LogP contribution is -2.35. The van der Waals surface area contributed by atoms with Crippen molar-refractivity contribution in [2.75, 3.05) is 17.8 Å². The zero-order valence-electron chi connectivity index (χ0n) is 17.9. The van der Waals surface area contributed by atoms with Crippen LogP contribution in [0.3, 0.4) is 0 Å². The van der Waals surface area contributed by atoms with E-state index in [0.29, 0.717) is 32.7 Å². The number of carbonyl (C=O) groups excluding carboxylic acids is 1. The zero-order valence-corrected chi connectivity index (χ0v) is 19.6. The largest absolute Gasteiger partial charge is 0.360 e. The first-order chi connectivity index (χ1) is 14.7. The van der Waals surface area contributed by atoms with Crippen LogP contribution in [0.1, 0.15) is 46.1 Å². The minimum atomic E-state index is -3.87. The Balaban J connectivity index is 1.66. The molecule has 0 spiro atoms. The first-order valence-electron chi connectivity index (χ1n) is 10.1. The third-order valence-corrected chi connectivity index (χ3v) is 8.14. The molecule has 1 saturated heterocycles. The summed E-state index contributed by atoms with van der Waals surface area (Å²) in [6.45, 7) is 6.77. The number of amides is 1. The van der Waals surface area contributed by atoms with Gasteiger partial charge in [-0.3, -0.25) is 9.52 Å². The fourth-order valence-corrected chi connectivity index (χ4v) is 6.06.